The highest BCUT2D eigenvalue weighted by molar-refractivity contribution is 7.16. The lowest BCUT2D eigenvalue weighted by Gasteiger charge is -2.32. The molecule has 0 aromatic carbocycles. The molecule has 1 fully saturated rings. The summed E-state index contributed by atoms with van der Waals surface area (Å²) < 4.78 is 1.97. The molecule has 4 rings (SSSR count). The zero-order valence-corrected chi connectivity index (χ0v) is 11.7. The van der Waals surface area contributed by atoms with E-state index in [2.05, 4.69) is 36.6 Å². The summed E-state index contributed by atoms with van der Waals surface area (Å²) in [6.07, 6.45) is 7.49. The third-order valence-corrected chi connectivity index (χ3v) is 4.64. The van der Waals surface area contributed by atoms with Gasteiger partial charge in [-0.25, -0.2) is 14.6 Å². The number of rotatable bonds is 2. The van der Waals surface area contributed by atoms with Crippen molar-refractivity contribution >= 4 is 27.4 Å². The first-order valence-electron chi connectivity index (χ1n) is 6.71. The van der Waals surface area contributed by atoms with Crippen LogP contribution in [0.3, 0.4) is 0 Å². The van der Waals surface area contributed by atoms with Crippen molar-refractivity contribution in [2.75, 3.05) is 18.0 Å². The molecule has 0 aliphatic carbocycles. The maximum Gasteiger partial charge on any atom is 0.140 e. The van der Waals surface area contributed by atoms with Crippen molar-refractivity contribution in [3.05, 3.63) is 30.2 Å². The molecule has 0 spiro atoms. The highest BCUT2D eigenvalue weighted by Gasteiger charge is 2.23. The molecule has 3 aromatic heterocycles. The molecule has 0 radical (unpaired) electrons. The molecule has 3 aromatic rings. The number of piperidine rings is 1. The van der Waals surface area contributed by atoms with E-state index in [4.69, 9.17) is 0 Å². The summed E-state index contributed by atoms with van der Waals surface area (Å²) in [4.78, 5) is 12.2. The standard InChI is InChI=1S/C13H14N6S/c1-5-18(6-2-10(1)19-7-4-16-17-19)12-11-3-8-20-13(11)15-9-14-12/h3-4,7-10H,1-2,5-6H2. The second-order valence-corrected chi connectivity index (χ2v) is 5.83. The minimum Gasteiger partial charge on any atom is -0.356 e. The van der Waals surface area contributed by atoms with Crippen molar-refractivity contribution in [3.8, 4) is 0 Å². The van der Waals surface area contributed by atoms with Crippen molar-refractivity contribution in [2.24, 2.45) is 0 Å². The Kier molecular flexibility index (Phi) is 2.84. The lowest BCUT2D eigenvalue weighted by atomic mass is 10.1. The molecule has 102 valence electrons. The molecule has 0 unspecified atom stereocenters. The number of hydrogen-bond donors (Lipinski definition) is 0. The van der Waals surface area contributed by atoms with Gasteiger partial charge in [-0.1, -0.05) is 5.21 Å². The van der Waals surface area contributed by atoms with Gasteiger partial charge in [0, 0.05) is 19.3 Å². The van der Waals surface area contributed by atoms with Crippen LogP contribution in [0, 0.1) is 0 Å². The Morgan fingerprint density at radius 1 is 1.20 bits per heavy atom. The van der Waals surface area contributed by atoms with Crippen LogP contribution in [0.25, 0.3) is 10.2 Å². The van der Waals surface area contributed by atoms with Crippen LogP contribution < -0.4 is 4.90 Å². The molecule has 0 atom stereocenters. The summed E-state index contributed by atoms with van der Waals surface area (Å²) in [5.74, 6) is 1.06. The Labute approximate surface area is 120 Å². The van der Waals surface area contributed by atoms with Crippen LogP contribution >= 0.6 is 11.3 Å². The average Bonchev–Trinajstić information content (AvgIpc) is 3.18. The molecule has 7 heteroatoms. The minimum atomic E-state index is 0.452. The van der Waals surface area contributed by atoms with Crippen LogP contribution in [0.4, 0.5) is 5.82 Å². The fourth-order valence-electron chi connectivity index (χ4n) is 2.78. The number of aromatic nitrogens is 5. The third-order valence-electron chi connectivity index (χ3n) is 3.82. The lowest BCUT2D eigenvalue weighted by Crippen LogP contribution is -2.35. The minimum absolute atomic E-state index is 0.452. The Morgan fingerprint density at radius 2 is 2.10 bits per heavy atom. The number of hydrogen-bond acceptors (Lipinski definition) is 6. The first kappa shape index (κ1) is 11.8. The van der Waals surface area contributed by atoms with Gasteiger partial charge in [-0.15, -0.1) is 16.4 Å². The molecule has 0 amide bonds. The number of anilines is 1. The van der Waals surface area contributed by atoms with Gasteiger partial charge in [0.2, 0.25) is 0 Å². The maximum absolute atomic E-state index is 4.48. The van der Waals surface area contributed by atoms with Crippen LogP contribution in [-0.2, 0) is 0 Å². The van der Waals surface area contributed by atoms with Gasteiger partial charge in [-0.05, 0) is 24.3 Å². The molecular weight excluding hydrogens is 272 g/mol. The monoisotopic (exact) mass is 286 g/mol. The number of nitrogens with zero attached hydrogens (tertiary/aromatic N) is 6. The van der Waals surface area contributed by atoms with Gasteiger partial charge in [0.1, 0.15) is 17.0 Å². The Balaban J connectivity index is 1.56. The Bertz CT molecular complexity index is 699. The van der Waals surface area contributed by atoms with Gasteiger partial charge < -0.3 is 4.90 Å². The second kappa shape index (κ2) is 4.82. The molecule has 0 N–H and O–H groups in total. The fourth-order valence-corrected chi connectivity index (χ4v) is 3.51. The normalized spacial score (nSPS) is 16.9. The molecule has 0 bridgehead atoms. The molecule has 1 saturated heterocycles. The van der Waals surface area contributed by atoms with Gasteiger partial charge in [0.05, 0.1) is 17.6 Å². The topological polar surface area (TPSA) is 59.7 Å². The van der Waals surface area contributed by atoms with E-state index < -0.39 is 0 Å². The fraction of sp³-hybridized carbons (Fsp3) is 0.385. The lowest BCUT2D eigenvalue weighted by molar-refractivity contribution is 0.359. The zero-order chi connectivity index (χ0) is 13.4. The quantitative estimate of drug-likeness (QED) is 0.722. The van der Waals surface area contributed by atoms with E-state index in [1.165, 1.54) is 0 Å². The van der Waals surface area contributed by atoms with E-state index in [0.717, 1.165) is 42.0 Å². The molecule has 4 heterocycles. The van der Waals surface area contributed by atoms with Gasteiger partial charge in [-0.3, -0.25) is 0 Å². The third kappa shape index (κ3) is 1.94. The van der Waals surface area contributed by atoms with E-state index in [1.807, 2.05) is 10.9 Å². The van der Waals surface area contributed by atoms with Gasteiger partial charge >= 0.3 is 0 Å². The van der Waals surface area contributed by atoms with Crippen molar-refractivity contribution in [1.29, 1.82) is 0 Å². The van der Waals surface area contributed by atoms with Crippen LogP contribution in [0.2, 0.25) is 0 Å². The summed E-state index contributed by atoms with van der Waals surface area (Å²) in [5.41, 5.74) is 0. The molecular formula is C13H14N6S. The Morgan fingerprint density at radius 3 is 2.90 bits per heavy atom. The smallest absolute Gasteiger partial charge is 0.140 e. The van der Waals surface area contributed by atoms with E-state index in [0.29, 0.717) is 6.04 Å². The predicted molar refractivity (Wildman–Crippen MR) is 77.9 cm³/mol. The molecule has 1 aliphatic rings. The van der Waals surface area contributed by atoms with E-state index in [1.54, 1.807) is 23.9 Å². The highest BCUT2D eigenvalue weighted by Crippen LogP contribution is 2.30. The summed E-state index contributed by atoms with van der Waals surface area (Å²) in [6, 6.07) is 2.56. The largest absolute Gasteiger partial charge is 0.356 e. The molecule has 20 heavy (non-hydrogen) atoms. The first-order chi connectivity index (χ1) is 9.92. The Hall–Kier alpha value is -2.02. The van der Waals surface area contributed by atoms with E-state index >= 15 is 0 Å². The molecule has 0 saturated carbocycles. The van der Waals surface area contributed by atoms with Crippen LogP contribution in [0.15, 0.2) is 30.2 Å². The van der Waals surface area contributed by atoms with E-state index in [9.17, 15) is 0 Å². The van der Waals surface area contributed by atoms with Gasteiger partial charge in [0.15, 0.2) is 0 Å². The molecule has 6 nitrogen and oxygen atoms in total. The van der Waals surface area contributed by atoms with Crippen LogP contribution in [-0.4, -0.2) is 38.1 Å². The summed E-state index contributed by atoms with van der Waals surface area (Å²) in [6.45, 7) is 1.99. The predicted octanol–water partition coefficient (Wildman–Crippen LogP) is 2.12. The van der Waals surface area contributed by atoms with Crippen molar-refractivity contribution in [1.82, 2.24) is 25.0 Å². The molecule has 1 aliphatic heterocycles. The highest BCUT2D eigenvalue weighted by atomic mass is 32.1. The van der Waals surface area contributed by atoms with Gasteiger partial charge in [-0.2, -0.15) is 0 Å². The SMILES string of the molecule is c1cn(C2CCN(c3ncnc4sccc34)CC2)nn1. The maximum atomic E-state index is 4.48. The van der Waals surface area contributed by atoms with Crippen molar-refractivity contribution in [3.63, 3.8) is 0 Å². The first-order valence-corrected chi connectivity index (χ1v) is 7.59. The average molecular weight is 286 g/mol. The van der Waals surface area contributed by atoms with Crippen LogP contribution in [0.5, 0.6) is 0 Å². The summed E-state index contributed by atoms with van der Waals surface area (Å²) in [7, 11) is 0. The second-order valence-electron chi connectivity index (χ2n) is 4.94. The van der Waals surface area contributed by atoms with Crippen molar-refractivity contribution < 1.29 is 0 Å². The van der Waals surface area contributed by atoms with Gasteiger partial charge in [0.25, 0.3) is 0 Å². The number of thiophene rings is 1. The van der Waals surface area contributed by atoms with E-state index in [-0.39, 0.29) is 0 Å². The van der Waals surface area contributed by atoms with Crippen molar-refractivity contribution in [2.45, 2.75) is 18.9 Å². The summed E-state index contributed by atoms with van der Waals surface area (Å²) >= 11 is 1.66. The zero-order valence-electron chi connectivity index (χ0n) is 10.9. The van der Waals surface area contributed by atoms with Crippen LogP contribution in [0.1, 0.15) is 18.9 Å². The summed E-state index contributed by atoms with van der Waals surface area (Å²) in [5, 5.41) is 11.2. The number of fused-ring (bicyclic) bond motifs is 1.